The first-order valence-electron chi connectivity index (χ1n) is 9.86. The number of nitrogens with one attached hydrogen (secondary N) is 2. The lowest BCUT2D eigenvalue weighted by Gasteiger charge is -2.14. The van der Waals surface area contributed by atoms with Crippen LogP contribution >= 0.6 is 12.2 Å². The highest BCUT2D eigenvalue weighted by Gasteiger charge is 2.35. The molecule has 1 aliphatic heterocycles. The van der Waals surface area contributed by atoms with E-state index < -0.39 is 18.4 Å². The van der Waals surface area contributed by atoms with E-state index in [1.807, 2.05) is 12.1 Å². The standard InChI is InChI=1S/C20H25N5O3S/c1-2-3-4-12-5-7-13(8-6-12)22-20-23-18-17(19(29)24-20)21-11-25(18)16-9-14(27)15(10-26)28-16/h5-8,11,14-16,26-27H,2-4,9-10H2,1H3,(H2,22,23,24,29). The van der Waals surface area contributed by atoms with Gasteiger partial charge in [-0.25, -0.2) is 9.97 Å². The van der Waals surface area contributed by atoms with Crippen LogP contribution in [0.15, 0.2) is 30.6 Å². The molecule has 0 radical (unpaired) electrons. The first kappa shape index (κ1) is 20.0. The molecule has 9 heteroatoms. The van der Waals surface area contributed by atoms with E-state index in [2.05, 4.69) is 39.3 Å². The molecule has 0 amide bonds. The Morgan fingerprint density at radius 1 is 1.34 bits per heavy atom. The highest BCUT2D eigenvalue weighted by atomic mass is 32.1. The van der Waals surface area contributed by atoms with Crippen LogP contribution in [0.5, 0.6) is 0 Å². The Morgan fingerprint density at radius 3 is 2.83 bits per heavy atom. The largest absolute Gasteiger partial charge is 0.394 e. The number of aromatic amines is 1. The molecule has 1 aromatic carbocycles. The molecular weight excluding hydrogens is 390 g/mol. The quantitative estimate of drug-likeness (QED) is 0.439. The number of aliphatic hydroxyl groups is 2. The summed E-state index contributed by atoms with van der Waals surface area (Å²) in [5, 5.41) is 22.6. The number of aryl methyl sites for hydroxylation is 1. The summed E-state index contributed by atoms with van der Waals surface area (Å²) in [5.74, 6) is 0.503. The second kappa shape index (κ2) is 8.58. The minimum absolute atomic E-state index is 0.233. The summed E-state index contributed by atoms with van der Waals surface area (Å²) in [6.07, 6.45) is 3.63. The molecule has 2 aromatic heterocycles. The average molecular weight is 416 g/mol. The normalized spacial score (nSPS) is 21.7. The lowest BCUT2D eigenvalue weighted by atomic mass is 10.1. The Kier molecular flexibility index (Phi) is 5.91. The van der Waals surface area contributed by atoms with Crippen LogP contribution in [0, 0.1) is 4.64 Å². The number of anilines is 2. The molecule has 3 heterocycles. The third-order valence-corrected chi connectivity index (χ3v) is 5.46. The van der Waals surface area contributed by atoms with Crippen LogP contribution < -0.4 is 5.32 Å². The monoisotopic (exact) mass is 415 g/mol. The van der Waals surface area contributed by atoms with Crippen molar-refractivity contribution in [2.45, 2.75) is 51.0 Å². The molecule has 0 bridgehead atoms. The number of aliphatic hydroxyl groups excluding tert-OH is 2. The van der Waals surface area contributed by atoms with E-state index in [1.165, 1.54) is 18.4 Å². The number of rotatable bonds is 7. The highest BCUT2D eigenvalue weighted by Crippen LogP contribution is 2.31. The number of hydrogen-bond donors (Lipinski definition) is 4. The molecule has 3 atom stereocenters. The topological polar surface area (TPSA) is 108 Å². The fourth-order valence-corrected chi connectivity index (χ4v) is 3.78. The van der Waals surface area contributed by atoms with Crippen molar-refractivity contribution >= 4 is 35.0 Å². The molecule has 0 aliphatic carbocycles. The molecular formula is C20H25N5O3S. The van der Waals surface area contributed by atoms with Crippen LogP contribution in [0.2, 0.25) is 0 Å². The predicted molar refractivity (Wildman–Crippen MR) is 113 cm³/mol. The van der Waals surface area contributed by atoms with E-state index in [0.29, 0.717) is 28.2 Å². The number of imidazole rings is 1. The van der Waals surface area contributed by atoms with Crippen molar-refractivity contribution in [2.24, 2.45) is 0 Å². The Labute approximate surface area is 173 Å². The van der Waals surface area contributed by atoms with Gasteiger partial charge in [0, 0.05) is 12.1 Å². The maximum Gasteiger partial charge on any atom is 0.207 e. The summed E-state index contributed by atoms with van der Waals surface area (Å²) in [5.41, 5.74) is 3.43. The SMILES string of the molecule is CCCCc1ccc(Nc2nc(=S)c3ncn(C4CC(O)C(CO)O4)c3[nH]2)cc1. The molecule has 4 N–H and O–H groups in total. The zero-order chi connectivity index (χ0) is 20.4. The van der Waals surface area contributed by atoms with Crippen LogP contribution in [-0.2, 0) is 11.2 Å². The maximum atomic E-state index is 10.0. The van der Waals surface area contributed by atoms with Gasteiger partial charge in [-0.05, 0) is 30.5 Å². The smallest absolute Gasteiger partial charge is 0.207 e. The Bertz CT molecular complexity index is 1030. The molecule has 8 nitrogen and oxygen atoms in total. The average Bonchev–Trinajstić information content (AvgIpc) is 3.30. The van der Waals surface area contributed by atoms with Gasteiger partial charge in [0.15, 0.2) is 4.64 Å². The number of unbranched alkanes of at least 4 members (excludes halogenated alkanes) is 1. The molecule has 29 heavy (non-hydrogen) atoms. The van der Waals surface area contributed by atoms with Gasteiger partial charge in [0.05, 0.1) is 19.0 Å². The molecule has 1 saturated heterocycles. The van der Waals surface area contributed by atoms with Gasteiger partial charge in [-0.2, -0.15) is 0 Å². The van der Waals surface area contributed by atoms with Crippen molar-refractivity contribution in [1.29, 1.82) is 0 Å². The van der Waals surface area contributed by atoms with Gasteiger partial charge in [-0.3, -0.25) is 4.57 Å². The summed E-state index contributed by atoms with van der Waals surface area (Å²) >= 11 is 5.41. The molecule has 1 aliphatic rings. The van der Waals surface area contributed by atoms with Crippen molar-refractivity contribution in [2.75, 3.05) is 11.9 Å². The number of aromatic nitrogens is 4. The molecule has 4 rings (SSSR count). The number of hydrogen-bond acceptors (Lipinski definition) is 7. The zero-order valence-corrected chi connectivity index (χ0v) is 17.0. The van der Waals surface area contributed by atoms with Gasteiger partial charge in [0.2, 0.25) is 5.95 Å². The third kappa shape index (κ3) is 4.18. The number of ether oxygens (including phenoxy) is 1. The summed E-state index contributed by atoms with van der Waals surface area (Å²) in [6.45, 7) is 1.95. The van der Waals surface area contributed by atoms with Gasteiger partial charge in [0.1, 0.15) is 23.5 Å². The van der Waals surface area contributed by atoms with E-state index in [9.17, 15) is 10.2 Å². The zero-order valence-electron chi connectivity index (χ0n) is 16.2. The van der Waals surface area contributed by atoms with E-state index >= 15 is 0 Å². The highest BCUT2D eigenvalue weighted by molar-refractivity contribution is 7.71. The van der Waals surface area contributed by atoms with Crippen molar-refractivity contribution < 1.29 is 14.9 Å². The number of nitrogens with zero attached hydrogens (tertiary/aromatic N) is 3. The van der Waals surface area contributed by atoms with Crippen molar-refractivity contribution in [1.82, 2.24) is 19.5 Å². The van der Waals surface area contributed by atoms with Crippen LogP contribution in [0.4, 0.5) is 11.6 Å². The van der Waals surface area contributed by atoms with Crippen LogP contribution in [0.3, 0.4) is 0 Å². The fourth-order valence-electron chi connectivity index (χ4n) is 3.54. The molecule has 3 unspecified atom stereocenters. The lowest BCUT2D eigenvalue weighted by molar-refractivity contribution is -0.0432. The Balaban J connectivity index is 1.59. The van der Waals surface area contributed by atoms with Gasteiger partial charge in [-0.1, -0.05) is 37.7 Å². The summed E-state index contributed by atoms with van der Waals surface area (Å²) in [7, 11) is 0. The summed E-state index contributed by atoms with van der Waals surface area (Å²) in [6, 6.07) is 8.26. The summed E-state index contributed by atoms with van der Waals surface area (Å²) in [4.78, 5) is 12.0. The van der Waals surface area contributed by atoms with Crippen molar-refractivity contribution in [3.63, 3.8) is 0 Å². The Morgan fingerprint density at radius 2 is 2.14 bits per heavy atom. The van der Waals surface area contributed by atoms with Crippen LogP contribution in [0.25, 0.3) is 11.2 Å². The fraction of sp³-hybridized carbons (Fsp3) is 0.450. The number of fused-ring (bicyclic) bond motifs is 1. The van der Waals surface area contributed by atoms with E-state index in [4.69, 9.17) is 17.0 Å². The van der Waals surface area contributed by atoms with Crippen LogP contribution in [-0.4, -0.2) is 48.5 Å². The second-order valence-corrected chi connectivity index (χ2v) is 7.67. The number of benzene rings is 1. The second-order valence-electron chi connectivity index (χ2n) is 7.28. The maximum absolute atomic E-state index is 10.0. The predicted octanol–water partition coefficient (Wildman–Crippen LogP) is 3.22. The molecule has 0 saturated carbocycles. The lowest BCUT2D eigenvalue weighted by Crippen LogP contribution is -2.24. The van der Waals surface area contributed by atoms with E-state index in [-0.39, 0.29) is 6.61 Å². The van der Waals surface area contributed by atoms with Crippen molar-refractivity contribution in [3.8, 4) is 0 Å². The van der Waals surface area contributed by atoms with Crippen LogP contribution in [0.1, 0.15) is 38.0 Å². The third-order valence-electron chi connectivity index (χ3n) is 5.18. The first-order valence-corrected chi connectivity index (χ1v) is 10.3. The molecule has 0 spiro atoms. The molecule has 3 aromatic rings. The molecule has 154 valence electrons. The Hall–Kier alpha value is -2.33. The van der Waals surface area contributed by atoms with Gasteiger partial charge in [-0.15, -0.1) is 0 Å². The minimum Gasteiger partial charge on any atom is -0.394 e. The summed E-state index contributed by atoms with van der Waals surface area (Å²) < 4.78 is 7.90. The van der Waals surface area contributed by atoms with Gasteiger partial charge in [0.25, 0.3) is 0 Å². The van der Waals surface area contributed by atoms with Gasteiger partial charge >= 0.3 is 0 Å². The first-order chi connectivity index (χ1) is 14.1. The van der Waals surface area contributed by atoms with E-state index in [1.54, 1.807) is 10.9 Å². The minimum atomic E-state index is -0.726. The van der Waals surface area contributed by atoms with E-state index in [0.717, 1.165) is 12.1 Å². The molecule has 1 fully saturated rings. The van der Waals surface area contributed by atoms with Crippen molar-refractivity contribution in [3.05, 3.63) is 40.8 Å². The number of H-pyrrole nitrogens is 1. The van der Waals surface area contributed by atoms with Gasteiger partial charge < -0.3 is 25.3 Å².